The normalized spacial score (nSPS) is 12.6. The van der Waals surface area contributed by atoms with Gasteiger partial charge in [0.05, 0.1) is 7.11 Å². The molecule has 1 atom stereocenters. The third-order valence-electron chi connectivity index (χ3n) is 2.94. The second-order valence-corrected chi connectivity index (χ2v) is 4.09. The molecule has 2 aromatic carbocycles. The fourth-order valence-corrected chi connectivity index (χ4v) is 1.91. The Morgan fingerprint density at radius 3 is 2.59 bits per heavy atom. The van der Waals surface area contributed by atoms with Gasteiger partial charge in [0.1, 0.15) is 5.75 Å². The maximum absolute atomic E-state index is 8.88. The highest BCUT2D eigenvalue weighted by molar-refractivity contribution is 5.84. The Hall–Kier alpha value is -1.58. The minimum Gasteiger partial charge on any atom is -0.497 e. The van der Waals surface area contributed by atoms with Gasteiger partial charge in [-0.3, -0.25) is 0 Å². The average molecular weight is 231 g/mol. The first-order chi connectivity index (χ1) is 8.24. The topological polar surface area (TPSA) is 55.5 Å². The third-order valence-corrected chi connectivity index (χ3v) is 2.94. The average Bonchev–Trinajstić information content (AvgIpc) is 2.37. The maximum Gasteiger partial charge on any atom is 0.119 e. The molecule has 0 fully saturated rings. The highest BCUT2D eigenvalue weighted by Gasteiger charge is 2.06. The van der Waals surface area contributed by atoms with E-state index in [0.29, 0.717) is 6.42 Å². The maximum atomic E-state index is 8.88. The molecule has 17 heavy (non-hydrogen) atoms. The van der Waals surface area contributed by atoms with E-state index in [2.05, 4.69) is 6.07 Å². The molecule has 0 unspecified atom stereocenters. The van der Waals surface area contributed by atoms with Crippen molar-refractivity contribution < 1.29 is 9.84 Å². The number of rotatable bonds is 4. The molecule has 0 heterocycles. The van der Waals surface area contributed by atoms with Gasteiger partial charge in [0, 0.05) is 12.6 Å². The van der Waals surface area contributed by atoms with Crippen LogP contribution in [0.25, 0.3) is 10.8 Å². The molecular formula is C14H17NO2. The van der Waals surface area contributed by atoms with Gasteiger partial charge in [0.2, 0.25) is 0 Å². The summed E-state index contributed by atoms with van der Waals surface area (Å²) in [7, 11) is 1.66. The molecule has 0 aliphatic carbocycles. The molecule has 0 aromatic heterocycles. The molecule has 2 rings (SSSR count). The molecule has 0 amide bonds. The molecule has 0 aliphatic rings. The third kappa shape index (κ3) is 2.57. The van der Waals surface area contributed by atoms with Crippen LogP contribution in [0.2, 0.25) is 0 Å². The van der Waals surface area contributed by atoms with Crippen LogP contribution in [0.1, 0.15) is 18.0 Å². The Balaban J connectivity index is 2.37. The molecular weight excluding hydrogens is 214 g/mol. The predicted octanol–water partition coefficient (Wildman–Crippen LogP) is 2.23. The van der Waals surface area contributed by atoms with Crippen LogP contribution in [0.3, 0.4) is 0 Å². The molecule has 0 saturated heterocycles. The summed E-state index contributed by atoms with van der Waals surface area (Å²) in [6.45, 7) is 0.113. The smallest absolute Gasteiger partial charge is 0.119 e. The molecule has 3 heteroatoms. The van der Waals surface area contributed by atoms with Crippen molar-refractivity contribution in [2.24, 2.45) is 5.73 Å². The molecule has 0 spiro atoms. The van der Waals surface area contributed by atoms with Crippen molar-refractivity contribution in [3.05, 3.63) is 42.0 Å². The fourth-order valence-electron chi connectivity index (χ4n) is 1.91. The van der Waals surface area contributed by atoms with Gasteiger partial charge in [-0.2, -0.15) is 0 Å². The number of fused-ring (bicyclic) bond motifs is 1. The Morgan fingerprint density at radius 1 is 1.18 bits per heavy atom. The molecule has 0 saturated carbocycles. The van der Waals surface area contributed by atoms with E-state index in [4.69, 9.17) is 15.6 Å². The van der Waals surface area contributed by atoms with Crippen LogP contribution in [0.15, 0.2) is 36.4 Å². The second kappa shape index (κ2) is 5.17. The van der Waals surface area contributed by atoms with Gasteiger partial charge in [0.25, 0.3) is 0 Å². The van der Waals surface area contributed by atoms with Crippen molar-refractivity contribution in [3.8, 4) is 5.75 Å². The fraction of sp³-hybridized carbons (Fsp3) is 0.286. The van der Waals surface area contributed by atoms with Crippen molar-refractivity contribution in [1.29, 1.82) is 0 Å². The van der Waals surface area contributed by atoms with Crippen molar-refractivity contribution in [2.75, 3.05) is 13.7 Å². The van der Waals surface area contributed by atoms with Crippen LogP contribution < -0.4 is 10.5 Å². The van der Waals surface area contributed by atoms with E-state index < -0.39 is 0 Å². The van der Waals surface area contributed by atoms with Crippen LogP contribution in [-0.2, 0) is 0 Å². The summed E-state index contributed by atoms with van der Waals surface area (Å²) in [5, 5.41) is 11.1. The zero-order chi connectivity index (χ0) is 12.3. The number of benzene rings is 2. The van der Waals surface area contributed by atoms with E-state index >= 15 is 0 Å². The Kier molecular flexibility index (Phi) is 3.61. The standard InChI is InChI=1S/C14H17NO2/c1-17-13-5-4-10-8-12(14(15)6-7-16)3-2-11(10)9-13/h2-5,8-9,14,16H,6-7,15H2,1H3/t14-/m1/s1. The number of nitrogens with two attached hydrogens (primary N) is 1. The molecule has 90 valence electrons. The SMILES string of the molecule is COc1ccc2cc([C@H](N)CCO)ccc2c1. The minimum absolute atomic E-state index is 0.105. The first-order valence-corrected chi connectivity index (χ1v) is 5.68. The van der Waals surface area contributed by atoms with Crippen molar-refractivity contribution in [1.82, 2.24) is 0 Å². The summed E-state index contributed by atoms with van der Waals surface area (Å²) in [6, 6.07) is 11.9. The van der Waals surface area contributed by atoms with Gasteiger partial charge in [-0.15, -0.1) is 0 Å². The van der Waals surface area contributed by atoms with Crippen LogP contribution in [0, 0.1) is 0 Å². The highest BCUT2D eigenvalue weighted by Crippen LogP contribution is 2.24. The Labute approximate surface area is 101 Å². The summed E-state index contributed by atoms with van der Waals surface area (Å²) in [5.74, 6) is 0.852. The van der Waals surface area contributed by atoms with Gasteiger partial charge in [-0.25, -0.2) is 0 Å². The molecule has 3 nitrogen and oxygen atoms in total. The van der Waals surface area contributed by atoms with E-state index in [-0.39, 0.29) is 12.6 Å². The first-order valence-electron chi connectivity index (χ1n) is 5.68. The van der Waals surface area contributed by atoms with E-state index in [0.717, 1.165) is 22.1 Å². The van der Waals surface area contributed by atoms with Crippen molar-refractivity contribution >= 4 is 10.8 Å². The summed E-state index contributed by atoms with van der Waals surface area (Å²) in [4.78, 5) is 0. The molecule has 0 bridgehead atoms. The van der Waals surface area contributed by atoms with E-state index in [1.54, 1.807) is 7.11 Å². The number of methoxy groups -OCH3 is 1. The lowest BCUT2D eigenvalue weighted by molar-refractivity contribution is 0.276. The van der Waals surface area contributed by atoms with Gasteiger partial charge in [0.15, 0.2) is 0 Å². The summed E-state index contributed by atoms with van der Waals surface area (Å²) < 4.78 is 5.18. The Bertz CT molecular complexity index is 511. The summed E-state index contributed by atoms with van der Waals surface area (Å²) in [6.07, 6.45) is 0.585. The lowest BCUT2D eigenvalue weighted by atomic mass is 10.0. The quantitative estimate of drug-likeness (QED) is 0.848. The zero-order valence-corrected chi connectivity index (χ0v) is 9.89. The number of aliphatic hydroxyl groups is 1. The van der Waals surface area contributed by atoms with Crippen LogP contribution >= 0.6 is 0 Å². The van der Waals surface area contributed by atoms with E-state index in [1.807, 2.05) is 30.3 Å². The van der Waals surface area contributed by atoms with E-state index in [1.165, 1.54) is 0 Å². The number of hydrogen-bond acceptors (Lipinski definition) is 3. The van der Waals surface area contributed by atoms with Crippen molar-refractivity contribution in [3.63, 3.8) is 0 Å². The lowest BCUT2D eigenvalue weighted by Gasteiger charge is -2.11. The Morgan fingerprint density at radius 2 is 1.88 bits per heavy atom. The first kappa shape index (κ1) is 11.9. The predicted molar refractivity (Wildman–Crippen MR) is 69.1 cm³/mol. The summed E-state index contributed by atoms with van der Waals surface area (Å²) >= 11 is 0. The largest absolute Gasteiger partial charge is 0.497 e. The van der Waals surface area contributed by atoms with Crippen LogP contribution in [0.4, 0.5) is 0 Å². The molecule has 2 aromatic rings. The van der Waals surface area contributed by atoms with Gasteiger partial charge in [-0.05, 0) is 41.0 Å². The summed E-state index contributed by atoms with van der Waals surface area (Å²) in [5.41, 5.74) is 7.02. The second-order valence-electron chi connectivity index (χ2n) is 4.09. The number of hydrogen-bond donors (Lipinski definition) is 2. The number of ether oxygens (including phenoxy) is 1. The molecule has 0 radical (unpaired) electrons. The minimum atomic E-state index is -0.105. The van der Waals surface area contributed by atoms with Gasteiger partial charge in [-0.1, -0.05) is 18.2 Å². The van der Waals surface area contributed by atoms with Crippen LogP contribution in [0.5, 0.6) is 5.75 Å². The van der Waals surface area contributed by atoms with Gasteiger partial charge >= 0.3 is 0 Å². The number of aliphatic hydroxyl groups excluding tert-OH is 1. The monoisotopic (exact) mass is 231 g/mol. The van der Waals surface area contributed by atoms with Crippen molar-refractivity contribution in [2.45, 2.75) is 12.5 Å². The zero-order valence-electron chi connectivity index (χ0n) is 9.89. The lowest BCUT2D eigenvalue weighted by Crippen LogP contribution is -2.11. The highest BCUT2D eigenvalue weighted by atomic mass is 16.5. The molecule has 0 aliphatic heterocycles. The van der Waals surface area contributed by atoms with E-state index in [9.17, 15) is 0 Å². The molecule has 3 N–H and O–H groups in total. The van der Waals surface area contributed by atoms with Crippen LogP contribution in [-0.4, -0.2) is 18.8 Å². The van der Waals surface area contributed by atoms with Gasteiger partial charge < -0.3 is 15.6 Å².